The fourth-order valence-corrected chi connectivity index (χ4v) is 4.11. The van der Waals surface area contributed by atoms with Crippen LogP contribution in [0.4, 0.5) is 11.4 Å². The number of halogens is 1. The number of amides is 2. The predicted octanol–water partition coefficient (Wildman–Crippen LogP) is 5.43. The van der Waals surface area contributed by atoms with Gasteiger partial charge in [-0.15, -0.1) is 10.2 Å². The van der Waals surface area contributed by atoms with E-state index in [-0.39, 0.29) is 17.6 Å². The van der Waals surface area contributed by atoms with Crippen LogP contribution in [-0.4, -0.2) is 32.3 Å². The molecule has 172 valence electrons. The summed E-state index contributed by atoms with van der Waals surface area (Å²) < 4.78 is 1.82. The molecular formula is C25H22ClN5O2S. The Labute approximate surface area is 206 Å². The Balaban J connectivity index is 1.41. The normalized spacial score (nSPS) is 10.7. The zero-order chi connectivity index (χ0) is 24.1. The van der Waals surface area contributed by atoms with Crippen LogP contribution in [0.15, 0.2) is 78.0 Å². The summed E-state index contributed by atoms with van der Waals surface area (Å²) in [5, 5.41) is 15.4. The minimum atomic E-state index is -0.187. The summed E-state index contributed by atoms with van der Waals surface area (Å²) in [6, 6.07) is 21.8. The summed E-state index contributed by atoms with van der Waals surface area (Å²) in [5.74, 6) is 0.446. The van der Waals surface area contributed by atoms with Gasteiger partial charge in [-0.1, -0.05) is 59.8 Å². The summed E-state index contributed by atoms with van der Waals surface area (Å²) in [7, 11) is 1.84. The lowest BCUT2D eigenvalue weighted by Gasteiger charge is -2.08. The van der Waals surface area contributed by atoms with Crippen LogP contribution >= 0.6 is 23.4 Å². The molecular weight excluding hydrogens is 470 g/mol. The lowest BCUT2D eigenvalue weighted by molar-refractivity contribution is -0.113. The average molecular weight is 492 g/mol. The van der Waals surface area contributed by atoms with Gasteiger partial charge in [0.1, 0.15) is 0 Å². The fourth-order valence-electron chi connectivity index (χ4n) is 3.22. The first-order chi connectivity index (χ1) is 16.4. The van der Waals surface area contributed by atoms with Crippen LogP contribution in [-0.2, 0) is 11.8 Å². The predicted molar refractivity (Wildman–Crippen MR) is 136 cm³/mol. The molecule has 4 rings (SSSR count). The van der Waals surface area contributed by atoms with Crippen molar-refractivity contribution in [3.05, 3.63) is 88.9 Å². The molecule has 0 fully saturated rings. The molecule has 34 heavy (non-hydrogen) atoms. The van der Waals surface area contributed by atoms with Crippen LogP contribution in [0.1, 0.15) is 15.9 Å². The van der Waals surface area contributed by atoms with Crippen molar-refractivity contribution < 1.29 is 9.59 Å². The van der Waals surface area contributed by atoms with Crippen molar-refractivity contribution in [2.45, 2.75) is 12.1 Å². The molecule has 3 aromatic carbocycles. The minimum absolute atomic E-state index is 0.167. The molecule has 7 nitrogen and oxygen atoms in total. The molecule has 0 spiro atoms. The van der Waals surface area contributed by atoms with Gasteiger partial charge in [-0.25, -0.2) is 0 Å². The van der Waals surface area contributed by atoms with Crippen LogP contribution < -0.4 is 10.6 Å². The number of carbonyl (C=O) groups excluding carboxylic acids is 2. The summed E-state index contributed by atoms with van der Waals surface area (Å²) in [5.41, 5.74) is 3.63. The maximum atomic E-state index is 12.5. The van der Waals surface area contributed by atoms with E-state index in [9.17, 15) is 9.59 Å². The van der Waals surface area contributed by atoms with Gasteiger partial charge < -0.3 is 15.2 Å². The highest BCUT2D eigenvalue weighted by Gasteiger charge is 2.14. The first kappa shape index (κ1) is 23.5. The largest absolute Gasteiger partial charge is 0.325 e. The number of thioether (sulfide) groups is 1. The van der Waals surface area contributed by atoms with Crippen LogP contribution in [0.25, 0.3) is 11.4 Å². The average Bonchev–Trinajstić information content (AvgIpc) is 3.21. The SMILES string of the molecule is Cc1ccc(NC(=O)CSc2nnc(-c3cccc(NC(=O)c4ccccc4)c3)n2C)cc1Cl. The van der Waals surface area contributed by atoms with Crippen molar-refractivity contribution in [1.29, 1.82) is 0 Å². The number of nitrogens with one attached hydrogen (secondary N) is 2. The molecule has 4 aromatic rings. The highest BCUT2D eigenvalue weighted by molar-refractivity contribution is 7.99. The Morgan fingerprint density at radius 2 is 1.71 bits per heavy atom. The topological polar surface area (TPSA) is 88.9 Å². The quantitative estimate of drug-likeness (QED) is 0.337. The van der Waals surface area contributed by atoms with E-state index >= 15 is 0 Å². The van der Waals surface area contributed by atoms with Gasteiger partial charge in [-0.2, -0.15) is 0 Å². The number of benzene rings is 3. The minimum Gasteiger partial charge on any atom is -0.325 e. The number of hydrogen-bond acceptors (Lipinski definition) is 5. The molecule has 0 atom stereocenters. The van der Waals surface area contributed by atoms with Gasteiger partial charge >= 0.3 is 0 Å². The summed E-state index contributed by atoms with van der Waals surface area (Å²) in [4.78, 5) is 24.8. The number of rotatable bonds is 7. The third kappa shape index (κ3) is 5.65. The summed E-state index contributed by atoms with van der Waals surface area (Å²) in [6.07, 6.45) is 0. The lowest BCUT2D eigenvalue weighted by atomic mass is 10.1. The zero-order valence-corrected chi connectivity index (χ0v) is 20.2. The third-order valence-corrected chi connectivity index (χ3v) is 6.46. The maximum Gasteiger partial charge on any atom is 0.255 e. The highest BCUT2D eigenvalue weighted by atomic mass is 35.5. The van der Waals surface area contributed by atoms with Crippen molar-refractivity contribution in [1.82, 2.24) is 14.8 Å². The number of aromatic nitrogens is 3. The van der Waals surface area contributed by atoms with Gasteiger partial charge in [0.25, 0.3) is 5.91 Å². The summed E-state index contributed by atoms with van der Waals surface area (Å²) >= 11 is 7.40. The molecule has 1 aromatic heterocycles. The number of hydrogen-bond donors (Lipinski definition) is 2. The first-order valence-corrected chi connectivity index (χ1v) is 11.8. The van der Waals surface area contributed by atoms with E-state index in [4.69, 9.17) is 11.6 Å². The second-order valence-electron chi connectivity index (χ2n) is 7.57. The van der Waals surface area contributed by atoms with E-state index in [2.05, 4.69) is 20.8 Å². The molecule has 0 aliphatic rings. The van der Waals surface area contributed by atoms with E-state index in [0.29, 0.717) is 32.9 Å². The van der Waals surface area contributed by atoms with Crippen LogP contribution in [0.5, 0.6) is 0 Å². The second-order valence-corrected chi connectivity index (χ2v) is 8.92. The van der Waals surface area contributed by atoms with E-state index < -0.39 is 0 Å². The molecule has 1 heterocycles. The lowest BCUT2D eigenvalue weighted by Crippen LogP contribution is -2.14. The number of carbonyl (C=O) groups is 2. The van der Waals surface area contributed by atoms with Gasteiger partial charge in [0, 0.05) is 34.6 Å². The molecule has 0 unspecified atom stereocenters. The Morgan fingerprint density at radius 1 is 0.941 bits per heavy atom. The molecule has 2 amide bonds. The van der Waals surface area contributed by atoms with E-state index in [0.717, 1.165) is 11.1 Å². The Kier molecular flexibility index (Phi) is 7.30. The maximum absolute atomic E-state index is 12.5. The first-order valence-electron chi connectivity index (χ1n) is 10.5. The number of anilines is 2. The number of aryl methyl sites for hydroxylation is 1. The van der Waals surface area contributed by atoms with Gasteiger partial charge in [-0.3, -0.25) is 9.59 Å². The molecule has 9 heteroatoms. The highest BCUT2D eigenvalue weighted by Crippen LogP contribution is 2.25. The summed E-state index contributed by atoms with van der Waals surface area (Å²) in [6.45, 7) is 1.91. The fraction of sp³-hybridized carbons (Fsp3) is 0.120. The van der Waals surface area contributed by atoms with Crippen molar-refractivity contribution in [2.24, 2.45) is 7.05 Å². The monoisotopic (exact) mass is 491 g/mol. The molecule has 2 N–H and O–H groups in total. The van der Waals surface area contributed by atoms with Crippen LogP contribution in [0, 0.1) is 6.92 Å². The van der Waals surface area contributed by atoms with E-state index in [1.807, 2.05) is 73.1 Å². The molecule has 0 aliphatic heterocycles. The Hall–Kier alpha value is -3.62. The number of nitrogens with zero attached hydrogens (tertiary/aromatic N) is 3. The standard InChI is InChI=1S/C25H22ClN5O2S/c1-16-11-12-20(14-21(16)26)27-22(32)15-34-25-30-29-23(31(25)2)18-9-6-10-19(13-18)28-24(33)17-7-4-3-5-8-17/h3-14H,15H2,1-2H3,(H,27,32)(H,28,33). The van der Waals surface area contributed by atoms with E-state index in [1.54, 1.807) is 18.2 Å². The van der Waals surface area contributed by atoms with Gasteiger partial charge in [0.2, 0.25) is 5.91 Å². The second kappa shape index (κ2) is 10.5. The molecule has 0 bridgehead atoms. The molecule has 0 radical (unpaired) electrons. The third-order valence-electron chi connectivity index (χ3n) is 5.04. The smallest absolute Gasteiger partial charge is 0.255 e. The Morgan fingerprint density at radius 3 is 2.47 bits per heavy atom. The van der Waals surface area contributed by atoms with Crippen molar-refractivity contribution in [3.8, 4) is 11.4 Å². The van der Waals surface area contributed by atoms with Gasteiger partial charge in [0.05, 0.1) is 5.75 Å². The molecule has 0 saturated heterocycles. The molecule has 0 aliphatic carbocycles. The van der Waals surface area contributed by atoms with E-state index in [1.165, 1.54) is 11.8 Å². The molecule has 0 saturated carbocycles. The van der Waals surface area contributed by atoms with Crippen LogP contribution in [0.3, 0.4) is 0 Å². The zero-order valence-electron chi connectivity index (χ0n) is 18.6. The van der Waals surface area contributed by atoms with Crippen molar-refractivity contribution in [3.63, 3.8) is 0 Å². The van der Waals surface area contributed by atoms with Gasteiger partial charge in [0.15, 0.2) is 11.0 Å². The van der Waals surface area contributed by atoms with Gasteiger partial charge in [-0.05, 0) is 48.9 Å². The van der Waals surface area contributed by atoms with Crippen molar-refractivity contribution >= 4 is 46.6 Å². The Bertz CT molecular complexity index is 1340. The van der Waals surface area contributed by atoms with Crippen molar-refractivity contribution in [2.75, 3.05) is 16.4 Å². The van der Waals surface area contributed by atoms with Crippen LogP contribution in [0.2, 0.25) is 5.02 Å².